The maximum absolute atomic E-state index is 13.5. The number of fused-ring (bicyclic) bond motifs is 1. The molecule has 4 aromatic rings. The quantitative estimate of drug-likeness (QED) is 0.454. The largest absolute Gasteiger partial charge is 0.339 e. The van der Waals surface area contributed by atoms with Gasteiger partial charge in [0.05, 0.1) is 22.4 Å². The first kappa shape index (κ1) is 17.0. The Kier molecular flexibility index (Phi) is 4.47. The highest BCUT2D eigenvalue weighted by molar-refractivity contribution is 6.04. The molecule has 0 unspecified atom stereocenters. The van der Waals surface area contributed by atoms with Crippen LogP contribution in [-0.2, 0) is 0 Å². The van der Waals surface area contributed by atoms with E-state index in [9.17, 15) is 4.79 Å². The summed E-state index contributed by atoms with van der Waals surface area (Å²) in [5.41, 5.74) is 4.48. The monoisotopic (exact) mass is 355 g/mol. The molecule has 0 spiro atoms. The molecule has 0 atom stereocenters. The van der Waals surface area contributed by atoms with Crippen LogP contribution in [0.4, 0.5) is 16.2 Å². The molecule has 0 saturated carbocycles. The van der Waals surface area contributed by atoms with Crippen LogP contribution in [0.15, 0.2) is 85.2 Å². The number of nitrogens with zero attached hydrogens (tertiary/aromatic N) is 3. The highest BCUT2D eigenvalue weighted by Gasteiger charge is 2.21. The number of aromatic nitrogens is 2. The minimum atomic E-state index is -0.160. The number of benzene rings is 3. The molecule has 27 heavy (non-hydrogen) atoms. The predicted octanol–water partition coefficient (Wildman–Crippen LogP) is 5.97. The lowest BCUT2D eigenvalue weighted by Crippen LogP contribution is -2.30. The van der Waals surface area contributed by atoms with Crippen LogP contribution in [0.25, 0.3) is 11.0 Å². The summed E-state index contributed by atoms with van der Waals surface area (Å²) >= 11 is 0. The van der Waals surface area contributed by atoms with E-state index in [4.69, 9.17) is 0 Å². The molecule has 0 fully saturated rings. The summed E-state index contributed by atoms with van der Waals surface area (Å²) in [6, 6.07) is 25.3. The Balaban J connectivity index is 1.82. The van der Waals surface area contributed by atoms with Gasteiger partial charge in [0.25, 0.3) is 0 Å². The average molecular weight is 355 g/mol. The fourth-order valence-corrected chi connectivity index (χ4v) is 3.17. The normalized spacial score (nSPS) is 11.1. The second kappa shape index (κ2) is 7.08. The first-order chi connectivity index (χ1) is 13.1. The van der Waals surface area contributed by atoms with E-state index in [1.807, 2.05) is 66.7 Å². The van der Waals surface area contributed by atoms with Crippen molar-refractivity contribution in [3.8, 4) is 0 Å². The highest BCUT2D eigenvalue weighted by atomic mass is 16.2. The van der Waals surface area contributed by atoms with Crippen molar-refractivity contribution < 1.29 is 4.79 Å². The van der Waals surface area contributed by atoms with Gasteiger partial charge in [-0.3, -0.25) is 4.90 Å². The summed E-state index contributed by atoms with van der Waals surface area (Å²) in [6.45, 7) is 4.32. The molecule has 4 rings (SSSR count). The molecule has 134 valence electrons. The number of amides is 1. The molecular weight excluding hydrogens is 334 g/mol. The van der Waals surface area contributed by atoms with Crippen molar-refractivity contribution in [1.29, 1.82) is 0 Å². The minimum absolute atomic E-state index is 0.160. The Labute approximate surface area is 158 Å². The predicted molar refractivity (Wildman–Crippen MR) is 110 cm³/mol. The molecule has 0 aliphatic rings. The second-order valence-electron chi connectivity index (χ2n) is 6.80. The summed E-state index contributed by atoms with van der Waals surface area (Å²) in [7, 11) is 0. The van der Waals surface area contributed by atoms with Gasteiger partial charge in [-0.15, -0.1) is 0 Å². The van der Waals surface area contributed by atoms with E-state index in [1.54, 1.807) is 15.8 Å². The molecule has 0 bridgehead atoms. The van der Waals surface area contributed by atoms with Gasteiger partial charge in [0, 0.05) is 0 Å². The van der Waals surface area contributed by atoms with Gasteiger partial charge >= 0.3 is 6.03 Å². The van der Waals surface area contributed by atoms with Crippen molar-refractivity contribution in [2.45, 2.75) is 19.8 Å². The molecule has 1 amide bonds. The standard InChI is InChI=1S/C23H21N3O/c1-17(2)18-12-14-20(15-13-18)26(19-8-4-3-5-9-19)23(27)25-16-24-21-10-6-7-11-22(21)25/h3-17H,1-2H3. The Morgan fingerprint density at radius 1 is 0.852 bits per heavy atom. The van der Waals surface area contributed by atoms with Crippen molar-refractivity contribution in [3.63, 3.8) is 0 Å². The van der Waals surface area contributed by atoms with Gasteiger partial charge in [0.2, 0.25) is 0 Å². The number of rotatable bonds is 3. The number of imidazole rings is 1. The number of carbonyl (C=O) groups excluding carboxylic acids is 1. The fraction of sp³-hybridized carbons (Fsp3) is 0.130. The van der Waals surface area contributed by atoms with Crippen molar-refractivity contribution in [1.82, 2.24) is 9.55 Å². The third-order valence-electron chi connectivity index (χ3n) is 4.68. The first-order valence-electron chi connectivity index (χ1n) is 9.06. The Morgan fingerprint density at radius 2 is 1.48 bits per heavy atom. The van der Waals surface area contributed by atoms with Crippen LogP contribution in [0.2, 0.25) is 0 Å². The second-order valence-corrected chi connectivity index (χ2v) is 6.80. The molecule has 4 heteroatoms. The zero-order valence-corrected chi connectivity index (χ0v) is 15.4. The van der Waals surface area contributed by atoms with Crippen molar-refractivity contribution in [3.05, 3.63) is 90.8 Å². The van der Waals surface area contributed by atoms with Gasteiger partial charge in [0.15, 0.2) is 0 Å². The van der Waals surface area contributed by atoms with Crippen LogP contribution in [-0.4, -0.2) is 15.6 Å². The van der Waals surface area contributed by atoms with E-state index in [0.29, 0.717) is 5.92 Å². The molecular formula is C23H21N3O. The van der Waals surface area contributed by atoms with Gasteiger partial charge in [0.1, 0.15) is 6.33 Å². The molecule has 0 saturated heterocycles. The molecule has 0 N–H and O–H groups in total. The molecule has 0 aliphatic heterocycles. The highest BCUT2D eigenvalue weighted by Crippen LogP contribution is 2.29. The van der Waals surface area contributed by atoms with Crippen molar-refractivity contribution >= 4 is 28.4 Å². The minimum Gasteiger partial charge on any atom is -0.262 e. The third kappa shape index (κ3) is 3.22. The summed E-state index contributed by atoms with van der Waals surface area (Å²) < 4.78 is 1.60. The molecule has 3 aromatic carbocycles. The lowest BCUT2D eigenvalue weighted by Gasteiger charge is -2.24. The van der Waals surface area contributed by atoms with E-state index < -0.39 is 0 Å². The van der Waals surface area contributed by atoms with Crippen LogP contribution in [0.5, 0.6) is 0 Å². The number of hydrogen-bond acceptors (Lipinski definition) is 2. The Hall–Kier alpha value is -3.40. The van der Waals surface area contributed by atoms with Gasteiger partial charge in [-0.1, -0.05) is 56.3 Å². The third-order valence-corrected chi connectivity index (χ3v) is 4.68. The van der Waals surface area contributed by atoms with E-state index in [0.717, 1.165) is 22.4 Å². The Morgan fingerprint density at radius 3 is 2.19 bits per heavy atom. The number of carbonyl (C=O) groups is 1. The van der Waals surface area contributed by atoms with Gasteiger partial charge in [-0.05, 0) is 47.9 Å². The van der Waals surface area contributed by atoms with Crippen LogP contribution in [0, 0.1) is 0 Å². The van der Waals surface area contributed by atoms with Crippen LogP contribution >= 0.6 is 0 Å². The lowest BCUT2D eigenvalue weighted by atomic mass is 10.0. The first-order valence-corrected chi connectivity index (χ1v) is 9.06. The summed E-state index contributed by atoms with van der Waals surface area (Å²) in [5.74, 6) is 0.442. The molecule has 1 heterocycles. The maximum atomic E-state index is 13.5. The molecule has 0 aliphatic carbocycles. The number of para-hydroxylation sites is 3. The summed E-state index contributed by atoms with van der Waals surface area (Å²) in [5, 5.41) is 0. The topological polar surface area (TPSA) is 38.1 Å². The fourth-order valence-electron chi connectivity index (χ4n) is 3.17. The molecule has 4 nitrogen and oxygen atoms in total. The zero-order chi connectivity index (χ0) is 18.8. The average Bonchev–Trinajstić information content (AvgIpc) is 3.13. The van der Waals surface area contributed by atoms with Crippen LogP contribution in [0.3, 0.4) is 0 Å². The van der Waals surface area contributed by atoms with Crippen LogP contribution < -0.4 is 4.90 Å². The zero-order valence-electron chi connectivity index (χ0n) is 15.4. The smallest absolute Gasteiger partial charge is 0.262 e. The van der Waals surface area contributed by atoms with E-state index in [1.165, 1.54) is 5.56 Å². The van der Waals surface area contributed by atoms with Gasteiger partial charge < -0.3 is 0 Å². The Bertz CT molecular complexity index is 1070. The maximum Gasteiger partial charge on any atom is 0.339 e. The van der Waals surface area contributed by atoms with Crippen molar-refractivity contribution in [2.24, 2.45) is 0 Å². The SMILES string of the molecule is CC(C)c1ccc(N(C(=O)n2cnc3ccccc32)c2ccccc2)cc1. The number of hydrogen-bond donors (Lipinski definition) is 0. The van der Waals surface area contributed by atoms with Gasteiger partial charge in [-0.2, -0.15) is 0 Å². The van der Waals surface area contributed by atoms with E-state index in [2.05, 4.69) is 31.0 Å². The summed E-state index contributed by atoms with van der Waals surface area (Å²) in [6.07, 6.45) is 1.59. The van der Waals surface area contributed by atoms with Crippen molar-refractivity contribution in [2.75, 3.05) is 4.90 Å². The molecule has 0 radical (unpaired) electrons. The summed E-state index contributed by atoms with van der Waals surface area (Å²) in [4.78, 5) is 19.6. The lowest BCUT2D eigenvalue weighted by molar-refractivity contribution is 0.250. The van der Waals surface area contributed by atoms with Gasteiger partial charge in [-0.25, -0.2) is 14.3 Å². The molecule has 1 aromatic heterocycles. The van der Waals surface area contributed by atoms with Crippen LogP contribution in [0.1, 0.15) is 25.3 Å². The van der Waals surface area contributed by atoms with E-state index >= 15 is 0 Å². The number of anilines is 2. The van der Waals surface area contributed by atoms with E-state index in [-0.39, 0.29) is 6.03 Å².